The van der Waals surface area contributed by atoms with Gasteiger partial charge < -0.3 is 0 Å². The Balaban J connectivity index is 1.38. The highest BCUT2D eigenvalue weighted by Crippen LogP contribution is 2.22. The van der Waals surface area contributed by atoms with Crippen LogP contribution in [0.3, 0.4) is 0 Å². The molecule has 30 heavy (non-hydrogen) atoms. The molecule has 0 aliphatic carbocycles. The van der Waals surface area contributed by atoms with Crippen molar-refractivity contribution in [1.29, 1.82) is 5.26 Å². The molecular formula is C28H20FN. The molecule has 144 valence electrons. The first-order chi connectivity index (χ1) is 14.7. The van der Waals surface area contributed by atoms with Crippen LogP contribution in [0.2, 0.25) is 0 Å². The van der Waals surface area contributed by atoms with Gasteiger partial charge in [0.15, 0.2) is 0 Å². The molecule has 4 aromatic rings. The summed E-state index contributed by atoms with van der Waals surface area (Å²) in [5.74, 6) is -0.217. The van der Waals surface area contributed by atoms with E-state index in [4.69, 9.17) is 5.26 Å². The normalized spacial score (nSPS) is 10.8. The SMILES string of the molecule is N#Cc1ccc(-c2ccc(/C=C/Cc3ccc(-c4ccc(F)cc4)cc3)cc2)cc1. The number of benzene rings is 4. The van der Waals surface area contributed by atoms with Gasteiger partial charge in [0.25, 0.3) is 0 Å². The molecule has 4 aromatic carbocycles. The van der Waals surface area contributed by atoms with Crippen LogP contribution in [0.1, 0.15) is 16.7 Å². The van der Waals surface area contributed by atoms with Gasteiger partial charge in [0, 0.05) is 0 Å². The van der Waals surface area contributed by atoms with Crippen molar-refractivity contribution >= 4 is 6.08 Å². The fraction of sp³-hybridized carbons (Fsp3) is 0.0357. The Kier molecular flexibility index (Phi) is 5.83. The summed E-state index contributed by atoms with van der Waals surface area (Å²) in [6.45, 7) is 0. The molecule has 0 aliphatic rings. The Morgan fingerprint density at radius 3 is 1.63 bits per heavy atom. The molecular weight excluding hydrogens is 369 g/mol. The molecule has 0 aromatic heterocycles. The molecule has 0 atom stereocenters. The van der Waals surface area contributed by atoms with Crippen LogP contribution in [0, 0.1) is 17.1 Å². The zero-order chi connectivity index (χ0) is 20.8. The van der Waals surface area contributed by atoms with Crippen LogP contribution in [-0.2, 0) is 6.42 Å². The molecule has 0 saturated carbocycles. The predicted molar refractivity (Wildman–Crippen MR) is 121 cm³/mol. The third-order valence-electron chi connectivity index (χ3n) is 5.05. The molecule has 0 unspecified atom stereocenters. The zero-order valence-corrected chi connectivity index (χ0v) is 16.4. The monoisotopic (exact) mass is 389 g/mol. The highest BCUT2D eigenvalue weighted by molar-refractivity contribution is 5.66. The van der Waals surface area contributed by atoms with Gasteiger partial charge in [-0.05, 0) is 64.1 Å². The number of halogens is 1. The minimum absolute atomic E-state index is 0.217. The van der Waals surface area contributed by atoms with Crippen molar-refractivity contribution in [2.75, 3.05) is 0 Å². The van der Waals surface area contributed by atoms with Gasteiger partial charge in [0.1, 0.15) is 5.82 Å². The summed E-state index contributed by atoms with van der Waals surface area (Å²) in [4.78, 5) is 0. The van der Waals surface area contributed by atoms with Crippen molar-refractivity contribution in [1.82, 2.24) is 0 Å². The van der Waals surface area contributed by atoms with Crippen molar-refractivity contribution in [3.05, 3.63) is 126 Å². The summed E-state index contributed by atoms with van der Waals surface area (Å²) in [7, 11) is 0. The highest BCUT2D eigenvalue weighted by atomic mass is 19.1. The average molecular weight is 389 g/mol. The molecule has 0 N–H and O–H groups in total. The van der Waals surface area contributed by atoms with E-state index < -0.39 is 0 Å². The Bertz CT molecular complexity index is 1180. The third kappa shape index (κ3) is 4.71. The van der Waals surface area contributed by atoms with Crippen molar-refractivity contribution in [3.63, 3.8) is 0 Å². The number of nitriles is 1. The smallest absolute Gasteiger partial charge is 0.123 e. The second-order valence-electron chi connectivity index (χ2n) is 7.12. The lowest BCUT2D eigenvalue weighted by Gasteiger charge is -2.04. The molecule has 2 heteroatoms. The lowest BCUT2D eigenvalue weighted by atomic mass is 10.0. The van der Waals surface area contributed by atoms with E-state index in [1.807, 2.05) is 24.3 Å². The molecule has 0 aliphatic heterocycles. The van der Waals surface area contributed by atoms with Gasteiger partial charge in [-0.3, -0.25) is 0 Å². The average Bonchev–Trinajstić information content (AvgIpc) is 2.81. The van der Waals surface area contributed by atoms with Crippen LogP contribution < -0.4 is 0 Å². The number of rotatable bonds is 5. The van der Waals surface area contributed by atoms with Crippen molar-refractivity contribution < 1.29 is 4.39 Å². The summed E-state index contributed by atoms with van der Waals surface area (Å²) in [5, 5.41) is 8.90. The van der Waals surface area contributed by atoms with E-state index in [1.54, 1.807) is 12.1 Å². The Labute approximate surface area is 176 Å². The molecule has 0 amide bonds. The van der Waals surface area contributed by atoms with Gasteiger partial charge in [-0.15, -0.1) is 0 Å². The number of allylic oxidation sites excluding steroid dienone is 1. The van der Waals surface area contributed by atoms with E-state index in [0.717, 1.165) is 34.2 Å². The minimum Gasteiger partial charge on any atom is -0.207 e. The molecule has 0 saturated heterocycles. The second-order valence-corrected chi connectivity index (χ2v) is 7.12. The summed E-state index contributed by atoms with van der Waals surface area (Å²) < 4.78 is 13.1. The van der Waals surface area contributed by atoms with Crippen LogP contribution in [0.4, 0.5) is 4.39 Å². The van der Waals surface area contributed by atoms with E-state index in [2.05, 4.69) is 66.8 Å². The predicted octanol–water partition coefficient (Wildman–Crippen LogP) is 7.29. The Hall–Kier alpha value is -3.96. The van der Waals surface area contributed by atoms with Gasteiger partial charge in [-0.2, -0.15) is 5.26 Å². The fourth-order valence-corrected chi connectivity index (χ4v) is 3.33. The quantitative estimate of drug-likeness (QED) is 0.352. The summed E-state index contributed by atoms with van der Waals surface area (Å²) in [6, 6.07) is 33.1. The maximum Gasteiger partial charge on any atom is 0.123 e. The van der Waals surface area contributed by atoms with Gasteiger partial charge >= 0.3 is 0 Å². The number of nitrogens with zero attached hydrogens (tertiary/aromatic N) is 1. The fourth-order valence-electron chi connectivity index (χ4n) is 3.33. The minimum atomic E-state index is -0.217. The van der Waals surface area contributed by atoms with E-state index in [9.17, 15) is 4.39 Å². The van der Waals surface area contributed by atoms with Crippen LogP contribution in [-0.4, -0.2) is 0 Å². The maximum absolute atomic E-state index is 13.1. The van der Waals surface area contributed by atoms with Crippen LogP contribution in [0.15, 0.2) is 103 Å². The van der Waals surface area contributed by atoms with Crippen LogP contribution in [0.5, 0.6) is 0 Å². The van der Waals surface area contributed by atoms with Gasteiger partial charge in [0.2, 0.25) is 0 Å². The van der Waals surface area contributed by atoms with E-state index in [1.165, 1.54) is 17.7 Å². The summed E-state index contributed by atoms with van der Waals surface area (Å²) in [6.07, 6.45) is 5.13. The standard InChI is InChI=1S/C28H20FN/c29-28-18-16-27(17-19-28)25-12-6-22(7-13-25)3-1-2-21-4-10-24(11-5-21)26-14-8-23(20-30)9-15-26/h1-2,4-19H,3H2/b2-1+. The lowest BCUT2D eigenvalue weighted by Crippen LogP contribution is -1.83. The first-order valence-corrected chi connectivity index (χ1v) is 9.83. The van der Waals surface area contributed by atoms with E-state index in [0.29, 0.717) is 5.56 Å². The van der Waals surface area contributed by atoms with Crippen LogP contribution in [0.25, 0.3) is 28.3 Å². The molecule has 0 spiro atoms. The molecule has 4 rings (SSSR count). The van der Waals surface area contributed by atoms with Gasteiger partial charge in [0.05, 0.1) is 11.6 Å². The highest BCUT2D eigenvalue weighted by Gasteiger charge is 2.00. The lowest BCUT2D eigenvalue weighted by molar-refractivity contribution is 0.628. The summed E-state index contributed by atoms with van der Waals surface area (Å²) >= 11 is 0. The van der Waals surface area contributed by atoms with E-state index >= 15 is 0 Å². The van der Waals surface area contributed by atoms with E-state index in [-0.39, 0.29) is 5.82 Å². The number of hydrogen-bond acceptors (Lipinski definition) is 1. The molecule has 0 bridgehead atoms. The van der Waals surface area contributed by atoms with Gasteiger partial charge in [-0.25, -0.2) is 4.39 Å². The topological polar surface area (TPSA) is 23.8 Å². The molecule has 0 heterocycles. The van der Waals surface area contributed by atoms with Crippen molar-refractivity contribution in [2.45, 2.75) is 6.42 Å². The maximum atomic E-state index is 13.1. The summed E-state index contributed by atoms with van der Waals surface area (Å²) in [5.41, 5.74) is 7.38. The largest absolute Gasteiger partial charge is 0.207 e. The second kappa shape index (κ2) is 9.03. The third-order valence-corrected chi connectivity index (χ3v) is 5.05. The Morgan fingerprint density at radius 2 is 1.10 bits per heavy atom. The van der Waals surface area contributed by atoms with Crippen LogP contribution >= 0.6 is 0 Å². The first kappa shape index (κ1) is 19.4. The van der Waals surface area contributed by atoms with Gasteiger partial charge in [-0.1, -0.05) is 84.9 Å². The zero-order valence-electron chi connectivity index (χ0n) is 16.4. The molecule has 1 nitrogen and oxygen atoms in total. The molecule has 0 radical (unpaired) electrons. The van der Waals surface area contributed by atoms with Crippen molar-refractivity contribution in [2.24, 2.45) is 0 Å². The molecule has 0 fully saturated rings. The first-order valence-electron chi connectivity index (χ1n) is 9.83. The Morgan fingerprint density at radius 1 is 0.633 bits per heavy atom. The number of hydrogen-bond donors (Lipinski definition) is 0. The van der Waals surface area contributed by atoms with Crippen molar-refractivity contribution in [3.8, 4) is 28.3 Å².